The lowest BCUT2D eigenvalue weighted by Crippen LogP contribution is -2.58. The highest BCUT2D eigenvalue weighted by molar-refractivity contribution is 7.51. The molecule has 2 aliphatic rings. The van der Waals surface area contributed by atoms with Gasteiger partial charge in [-0.1, -0.05) is 26.7 Å². The number of nitrogens with two attached hydrogens (primary N) is 1. The van der Waals surface area contributed by atoms with Gasteiger partial charge < -0.3 is 20.3 Å². The summed E-state index contributed by atoms with van der Waals surface area (Å²) in [6, 6.07) is 2.03. The SMILES string of the molecule is CCC(CC)COC(=O)C(C)NP1(=O)OCC2OC(C#N)(n3ccc(N)nc3=O)C(C)(O)C2O1. The third-order valence-corrected chi connectivity index (χ3v) is 7.90. The Morgan fingerprint density at radius 1 is 1.53 bits per heavy atom. The summed E-state index contributed by atoms with van der Waals surface area (Å²) in [4.78, 5) is 28.4. The molecule has 0 aromatic carbocycles. The summed E-state index contributed by atoms with van der Waals surface area (Å²) in [5, 5.41) is 23.8. The molecule has 2 aliphatic heterocycles. The van der Waals surface area contributed by atoms with Crippen LogP contribution < -0.4 is 16.5 Å². The van der Waals surface area contributed by atoms with Gasteiger partial charge in [0.25, 0.3) is 5.72 Å². The van der Waals surface area contributed by atoms with Gasteiger partial charge in [-0.25, -0.2) is 14.4 Å². The molecule has 1 aromatic rings. The second-order valence-electron chi connectivity index (χ2n) is 8.55. The summed E-state index contributed by atoms with van der Waals surface area (Å²) in [5.74, 6) is -0.509. The average Bonchev–Trinajstić information content (AvgIpc) is 3.00. The van der Waals surface area contributed by atoms with Gasteiger partial charge in [-0.15, -0.1) is 0 Å². The van der Waals surface area contributed by atoms with Gasteiger partial charge in [0.05, 0.1) is 13.2 Å². The second-order valence-corrected chi connectivity index (χ2v) is 10.3. The molecule has 13 nitrogen and oxygen atoms in total. The van der Waals surface area contributed by atoms with E-state index in [-0.39, 0.29) is 24.9 Å². The van der Waals surface area contributed by atoms with E-state index in [1.807, 2.05) is 19.9 Å². The minimum absolute atomic E-state index is 0.0808. The third kappa shape index (κ3) is 4.62. The standard InChI is InChI=1S/C20H30N5O8P/c1-5-13(6-2)9-30-17(26)12(3)24-34(29)31-10-14-16(33-34)19(4,28)20(11-21,32-14)25-8-7-15(22)23-18(25)27/h7-8,12-14,16,28H,5-6,9-10H2,1-4H3,(H,24,29)(H2,22,23,27). The number of nitrogens with zero attached hydrogens (tertiary/aromatic N) is 3. The van der Waals surface area contributed by atoms with E-state index in [2.05, 4.69) is 10.1 Å². The van der Waals surface area contributed by atoms with E-state index in [0.29, 0.717) is 0 Å². The van der Waals surface area contributed by atoms with Crippen molar-refractivity contribution < 1.29 is 33.0 Å². The summed E-state index contributed by atoms with van der Waals surface area (Å²) in [6.07, 6.45) is 0.455. The molecule has 4 N–H and O–H groups in total. The number of aromatic nitrogens is 2. The quantitative estimate of drug-likeness (QED) is 0.335. The normalized spacial score (nSPS) is 33.8. The lowest BCUT2D eigenvalue weighted by Gasteiger charge is -2.38. The van der Waals surface area contributed by atoms with E-state index in [9.17, 15) is 24.5 Å². The highest BCUT2D eigenvalue weighted by atomic mass is 31.2. The second kappa shape index (κ2) is 9.73. The van der Waals surface area contributed by atoms with Crippen molar-refractivity contribution in [2.45, 2.75) is 70.1 Å². The number of anilines is 1. The molecule has 0 spiro atoms. The molecule has 0 amide bonds. The summed E-state index contributed by atoms with van der Waals surface area (Å²) < 4.78 is 36.0. The number of esters is 1. The number of rotatable bonds is 8. The van der Waals surface area contributed by atoms with Crippen LogP contribution in [0.1, 0.15) is 40.5 Å². The van der Waals surface area contributed by atoms with Crippen molar-refractivity contribution in [3.05, 3.63) is 22.7 Å². The van der Waals surface area contributed by atoms with Crippen LogP contribution in [0.3, 0.4) is 0 Å². The van der Waals surface area contributed by atoms with Crippen LogP contribution in [0.4, 0.5) is 5.82 Å². The van der Waals surface area contributed by atoms with Gasteiger partial charge in [0.2, 0.25) is 0 Å². The van der Waals surface area contributed by atoms with E-state index in [1.54, 1.807) is 0 Å². The van der Waals surface area contributed by atoms with Crippen LogP contribution in [0.25, 0.3) is 0 Å². The highest BCUT2D eigenvalue weighted by Gasteiger charge is 2.69. The Morgan fingerprint density at radius 3 is 2.79 bits per heavy atom. The Balaban J connectivity index is 1.79. The summed E-state index contributed by atoms with van der Waals surface area (Å²) in [7, 11) is -4.14. The van der Waals surface area contributed by atoms with Crippen molar-refractivity contribution >= 4 is 19.5 Å². The van der Waals surface area contributed by atoms with E-state index >= 15 is 0 Å². The summed E-state index contributed by atoms with van der Waals surface area (Å²) >= 11 is 0. The molecule has 6 unspecified atom stereocenters. The van der Waals surface area contributed by atoms with Crippen molar-refractivity contribution in [1.29, 1.82) is 5.26 Å². The van der Waals surface area contributed by atoms with Crippen LogP contribution in [0.5, 0.6) is 0 Å². The first-order valence-electron chi connectivity index (χ1n) is 11.0. The van der Waals surface area contributed by atoms with Crippen molar-refractivity contribution in [3.8, 4) is 6.07 Å². The number of carbonyl (C=O) groups excluding carboxylic acids is 1. The van der Waals surface area contributed by atoms with Gasteiger partial charge in [0.1, 0.15) is 30.1 Å². The average molecular weight is 499 g/mol. The number of aliphatic hydroxyl groups is 1. The van der Waals surface area contributed by atoms with E-state index in [0.717, 1.165) is 23.6 Å². The van der Waals surface area contributed by atoms with Gasteiger partial charge >= 0.3 is 19.4 Å². The number of ether oxygens (including phenoxy) is 2. The van der Waals surface area contributed by atoms with Crippen molar-refractivity contribution in [1.82, 2.24) is 14.6 Å². The molecule has 3 heterocycles. The van der Waals surface area contributed by atoms with Gasteiger partial charge in [0.15, 0.2) is 5.60 Å². The van der Waals surface area contributed by atoms with Gasteiger partial charge in [-0.05, 0) is 25.8 Å². The van der Waals surface area contributed by atoms with Gasteiger partial charge in [-0.3, -0.25) is 18.4 Å². The van der Waals surface area contributed by atoms with E-state index in [4.69, 9.17) is 24.3 Å². The topological polar surface area (TPSA) is 188 Å². The van der Waals surface area contributed by atoms with Crippen LogP contribution in [0, 0.1) is 17.2 Å². The number of hydrogen-bond donors (Lipinski definition) is 3. The fraction of sp³-hybridized carbons (Fsp3) is 0.700. The maximum absolute atomic E-state index is 13.3. The highest BCUT2D eigenvalue weighted by Crippen LogP contribution is 2.57. The summed E-state index contributed by atoms with van der Waals surface area (Å²) in [6.45, 7) is 6.52. The van der Waals surface area contributed by atoms with Crippen LogP contribution in [-0.2, 0) is 33.6 Å². The smallest absolute Gasteiger partial charge is 0.406 e. The first-order chi connectivity index (χ1) is 15.9. The molecule has 0 aliphatic carbocycles. The Kier molecular flexibility index (Phi) is 7.52. The van der Waals surface area contributed by atoms with Crippen LogP contribution in [0.15, 0.2) is 17.1 Å². The molecule has 6 atom stereocenters. The molecule has 2 fully saturated rings. The number of nitrogen functional groups attached to an aromatic ring is 1. The molecule has 1 aromatic heterocycles. The number of carbonyl (C=O) groups is 1. The van der Waals surface area contributed by atoms with Gasteiger partial charge in [0, 0.05) is 6.20 Å². The minimum atomic E-state index is -4.14. The molecular formula is C20H30N5O8P. The van der Waals surface area contributed by atoms with Crippen molar-refractivity contribution in [2.75, 3.05) is 18.9 Å². The zero-order chi connectivity index (χ0) is 25.3. The Bertz CT molecular complexity index is 1070. The molecule has 2 saturated heterocycles. The van der Waals surface area contributed by atoms with Crippen molar-refractivity contribution in [3.63, 3.8) is 0 Å². The fourth-order valence-electron chi connectivity index (χ4n) is 3.96. The first kappa shape index (κ1) is 26.3. The molecule has 3 rings (SSSR count). The zero-order valence-corrected chi connectivity index (χ0v) is 20.4. The largest absolute Gasteiger partial charge is 0.464 e. The molecule has 14 heteroatoms. The molecule has 0 radical (unpaired) electrons. The lowest BCUT2D eigenvalue weighted by molar-refractivity contribution is -0.147. The predicted molar refractivity (Wildman–Crippen MR) is 118 cm³/mol. The summed E-state index contributed by atoms with van der Waals surface area (Å²) in [5.41, 5.74) is 0.146. The van der Waals surface area contributed by atoms with Crippen LogP contribution in [-0.4, -0.2) is 57.7 Å². The minimum Gasteiger partial charge on any atom is -0.464 e. The number of nitrogens with one attached hydrogen (secondary N) is 1. The predicted octanol–water partition coefficient (Wildman–Crippen LogP) is 0.633. The monoisotopic (exact) mass is 499 g/mol. The maximum atomic E-state index is 13.3. The molecule has 34 heavy (non-hydrogen) atoms. The Labute approximate surface area is 196 Å². The van der Waals surface area contributed by atoms with Crippen LogP contribution >= 0.6 is 7.75 Å². The Hall–Kier alpha value is -2.33. The van der Waals surface area contributed by atoms with E-state index in [1.165, 1.54) is 19.9 Å². The van der Waals surface area contributed by atoms with Crippen LogP contribution in [0.2, 0.25) is 0 Å². The molecular weight excluding hydrogens is 469 g/mol. The molecule has 188 valence electrons. The Morgan fingerprint density at radius 2 is 2.21 bits per heavy atom. The zero-order valence-electron chi connectivity index (χ0n) is 19.5. The lowest BCUT2D eigenvalue weighted by atomic mass is 9.88. The molecule has 0 saturated carbocycles. The number of hydrogen-bond acceptors (Lipinski definition) is 11. The first-order valence-corrected chi connectivity index (χ1v) is 12.5. The van der Waals surface area contributed by atoms with Crippen molar-refractivity contribution in [2.24, 2.45) is 5.92 Å². The van der Waals surface area contributed by atoms with Gasteiger partial charge in [-0.2, -0.15) is 10.2 Å². The number of fused-ring (bicyclic) bond motifs is 1. The fourth-order valence-corrected chi connectivity index (χ4v) is 5.71. The third-order valence-electron chi connectivity index (χ3n) is 6.20. The number of nitriles is 1. The molecule has 0 bridgehead atoms. The maximum Gasteiger partial charge on any atom is 0.406 e. The van der Waals surface area contributed by atoms with E-state index < -0.39 is 49.0 Å².